The summed E-state index contributed by atoms with van der Waals surface area (Å²) < 4.78 is 114. The van der Waals surface area contributed by atoms with Crippen molar-refractivity contribution in [1.82, 2.24) is 24.7 Å². The fourth-order valence-electron chi connectivity index (χ4n) is 3.94. The summed E-state index contributed by atoms with van der Waals surface area (Å²) in [6, 6.07) is 5.39. The van der Waals surface area contributed by atoms with Crippen LogP contribution < -0.4 is 0 Å². The zero-order valence-electron chi connectivity index (χ0n) is 20.0. The van der Waals surface area contributed by atoms with Crippen molar-refractivity contribution in [2.75, 3.05) is 5.75 Å². The smallest absolute Gasteiger partial charge is 0.338 e. The van der Waals surface area contributed by atoms with Crippen LogP contribution in [0.2, 0.25) is 0 Å². The number of nitrogens with zero attached hydrogens (tertiary/aromatic N) is 5. The van der Waals surface area contributed by atoms with Crippen molar-refractivity contribution in [3.8, 4) is 22.9 Å². The molecule has 17 heteroatoms. The Morgan fingerprint density at radius 1 is 1.13 bits per heavy atom. The fraction of sp³-hybridized carbons (Fsp3) is 0.364. The number of benzene rings is 1. The second kappa shape index (κ2) is 9.19. The Balaban J connectivity index is 1.57. The molecule has 0 saturated heterocycles. The van der Waals surface area contributed by atoms with Gasteiger partial charge in [-0.25, -0.2) is 17.6 Å². The van der Waals surface area contributed by atoms with E-state index in [1.165, 1.54) is 42.0 Å². The third-order valence-electron chi connectivity index (χ3n) is 6.25. The van der Waals surface area contributed by atoms with Gasteiger partial charge in [-0.15, -0.1) is 13.2 Å². The molecule has 0 atom stereocenters. The van der Waals surface area contributed by atoms with Crippen molar-refractivity contribution in [1.29, 1.82) is 0 Å². The first kappa shape index (κ1) is 27.4. The third kappa shape index (κ3) is 4.98. The highest BCUT2D eigenvalue weighted by atomic mass is 32.2. The first-order valence-corrected chi connectivity index (χ1v) is 13.6. The van der Waals surface area contributed by atoms with Gasteiger partial charge in [0.25, 0.3) is 0 Å². The number of aryl methyl sites for hydroxylation is 1. The van der Waals surface area contributed by atoms with Crippen LogP contribution in [0.4, 0.5) is 26.3 Å². The molecule has 0 bridgehead atoms. The van der Waals surface area contributed by atoms with Crippen LogP contribution in [0.1, 0.15) is 25.7 Å². The van der Waals surface area contributed by atoms with Crippen molar-refractivity contribution < 1.29 is 43.5 Å². The van der Waals surface area contributed by atoms with Crippen molar-refractivity contribution >= 4 is 32.9 Å². The van der Waals surface area contributed by atoms with Gasteiger partial charge in [-0.05, 0) is 37.1 Å². The molecule has 3 heterocycles. The molecule has 0 N–H and O–H groups in total. The van der Waals surface area contributed by atoms with Crippen LogP contribution in [0.3, 0.4) is 0 Å². The number of alkyl halides is 6. The molecule has 1 aromatic carbocycles. The lowest BCUT2D eigenvalue weighted by atomic mass is 10.1. The van der Waals surface area contributed by atoms with E-state index >= 15 is 0 Å². The molecule has 0 spiro atoms. The molecule has 4 aromatic rings. The molecule has 0 amide bonds. The normalized spacial score (nSPS) is 15.7. The largest absolute Gasteiger partial charge is 0.533 e. The van der Waals surface area contributed by atoms with Gasteiger partial charge in [-0.3, -0.25) is 4.98 Å². The summed E-state index contributed by atoms with van der Waals surface area (Å²) in [7, 11) is -2.39. The first-order valence-electron chi connectivity index (χ1n) is 11.2. The van der Waals surface area contributed by atoms with Crippen LogP contribution in [0.15, 0.2) is 44.8 Å². The van der Waals surface area contributed by atoms with Crippen molar-refractivity contribution in [3.05, 3.63) is 36.4 Å². The molecular weight excluding hydrogens is 576 g/mol. The molecule has 1 aliphatic rings. The van der Waals surface area contributed by atoms with E-state index in [0.29, 0.717) is 5.52 Å². The van der Waals surface area contributed by atoms with Gasteiger partial charge in [0.15, 0.2) is 15.7 Å². The summed E-state index contributed by atoms with van der Waals surface area (Å²) >= 11 is 0.0943. The molecule has 0 radical (unpaired) electrons. The van der Waals surface area contributed by atoms with Crippen molar-refractivity contribution in [2.24, 2.45) is 7.05 Å². The van der Waals surface area contributed by atoms with E-state index in [0.717, 1.165) is 0 Å². The Morgan fingerprint density at radius 2 is 1.85 bits per heavy atom. The highest BCUT2D eigenvalue weighted by molar-refractivity contribution is 7.94. The third-order valence-corrected chi connectivity index (χ3v) is 8.71. The standard InChI is InChI=1S/C22H17F6N5O4S2/c1-3-39(34,35)15-8-11(17-31-19(36-32-17)20(6-7-20)21(23,24)25)10-29-16(15)18-30-13-9-12(38-37-22(26,27)28)4-5-14(13)33(18)2/h4-5,8-10H,3,6-7H2,1-2H3. The maximum absolute atomic E-state index is 13.5. The monoisotopic (exact) mass is 593 g/mol. The van der Waals surface area contributed by atoms with E-state index < -0.39 is 33.7 Å². The maximum atomic E-state index is 13.5. The van der Waals surface area contributed by atoms with Crippen LogP contribution in [-0.4, -0.2) is 51.4 Å². The topological polar surface area (TPSA) is 113 Å². The predicted octanol–water partition coefficient (Wildman–Crippen LogP) is 5.62. The van der Waals surface area contributed by atoms with Gasteiger partial charge in [0.1, 0.15) is 11.1 Å². The minimum Gasteiger partial charge on any atom is -0.338 e. The van der Waals surface area contributed by atoms with Crippen LogP contribution in [0, 0.1) is 0 Å². The summed E-state index contributed by atoms with van der Waals surface area (Å²) in [5.41, 5.74) is -1.55. The number of sulfone groups is 1. The van der Waals surface area contributed by atoms with E-state index in [1.54, 1.807) is 7.05 Å². The summed E-state index contributed by atoms with van der Waals surface area (Å²) in [5, 5.41) is 3.62. The quantitative estimate of drug-likeness (QED) is 0.199. The second-order valence-corrected chi connectivity index (χ2v) is 11.8. The summed E-state index contributed by atoms with van der Waals surface area (Å²) in [6.07, 6.45) is -8.63. The average molecular weight is 594 g/mol. The van der Waals surface area contributed by atoms with E-state index in [2.05, 4.69) is 24.3 Å². The Bertz CT molecular complexity index is 1680. The summed E-state index contributed by atoms with van der Waals surface area (Å²) in [5.74, 6) is -1.11. The molecule has 208 valence electrons. The number of rotatable bonds is 7. The number of hydrogen-bond acceptors (Lipinski definition) is 9. The average Bonchev–Trinajstić information content (AvgIpc) is 3.44. The molecule has 3 aromatic heterocycles. The number of fused-ring (bicyclic) bond motifs is 1. The lowest BCUT2D eigenvalue weighted by molar-refractivity contribution is -0.266. The number of halogens is 6. The first-order chi connectivity index (χ1) is 18.1. The Morgan fingerprint density at radius 3 is 2.46 bits per heavy atom. The van der Waals surface area contributed by atoms with E-state index in [1.807, 2.05) is 0 Å². The van der Waals surface area contributed by atoms with E-state index in [9.17, 15) is 34.8 Å². The lowest BCUT2D eigenvalue weighted by Crippen LogP contribution is -2.28. The molecule has 0 unspecified atom stereocenters. The summed E-state index contributed by atoms with van der Waals surface area (Å²) in [6.45, 7) is 1.40. The zero-order valence-corrected chi connectivity index (χ0v) is 21.6. The lowest BCUT2D eigenvalue weighted by Gasteiger charge is -2.13. The number of pyridine rings is 1. The Hall–Kier alpha value is -3.18. The van der Waals surface area contributed by atoms with Crippen LogP contribution in [-0.2, 0) is 26.5 Å². The van der Waals surface area contributed by atoms with Crippen LogP contribution in [0.25, 0.3) is 33.9 Å². The van der Waals surface area contributed by atoms with Crippen LogP contribution >= 0.6 is 12.0 Å². The van der Waals surface area contributed by atoms with Gasteiger partial charge in [0.05, 0.1) is 21.7 Å². The number of imidazole rings is 1. The molecule has 9 nitrogen and oxygen atoms in total. The fourth-order valence-corrected chi connectivity index (χ4v) is 5.47. The molecule has 1 saturated carbocycles. The van der Waals surface area contributed by atoms with Gasteiger partial charge in [-0.1, -0.05) is 12.1 Å². The SMILES string of the molecule is CCS(=O)(=O)c1cc(-c2noc(C3(C(F)(F)F)CC3)n2)cnc1-c1nc2cc(SOC(F)(F)F)ccc2n1C. The minimum absolute atomic E-state index is 0.0144. The molecule has 5 rings (SSSR count). The minimum atomic E-state index is -4.85. The highest BCUT2D eigenvalue weighted by Gasteiger charge is 2.68. The van der Waals surface area contributed by atoms with Gasteiger partial charge < -0.3 is 9.09 Å². The highest BCUT2D eigenvalue weighted by Crippen LogP contribution is 2.58. The molecule has 1 aliphatic carbocycles. The second-order valence-electron chi connectivity index (χ2n) is 8.73. The van der Waals surface area contributed by atoms with Gasteiger partial charge in [-0.2, -0.15) is 18.2 Å². The van der Waals surface area contributed by atoms with Crippen molar-refractivity contribution in [2.45, 2.75) is 47.5 Å². The van der Waals surface area contributed by atoms with E-state index in [4.69, 9.17) is 4.52 Å². The zero-order chi connectivity index (χ0) is 28.4. The van der Waals surface area contributed by atoms with Gasteiger partial charge in [0, 0.05) is 35.7 Å². The Labute approximate surface area is 220 Å². The number of aromatic nitrogens is 5. The summed E-state index contributed by atoms with van der Waals surface area (Å²) in [4.78, 5) is 12.3. The molecule has 0 aliphatic heterocycles. The molecular formula is C22H17F6N5O4S2. The van der Waals surface area contributed by atoms with Crippen molar-refractivity contribution in [3.63, 3.8) is 0 Å². The Kier molecular flexibility index (Phi) is 6.46. The molecule has 1 fully saturated rings. The van der Waals surface area contributed by atoms with Crippen LogP contribution in [0.5, 0.6) is 0 Å². The van der Waals surface area contributed by atoms with Gasteiger partial charge in [0.2, 0.25) is 11.7 Å². The number of hydrogen-bond donors (Lipinski definition) is 0. The molecule has 39 heavy (non-hydrogen) atoms. The van der Waals surface area contributed by atoms with E-state index in [-0.39, 0.29) is 68.9 Å². The maximum Gasteiger partial charge on any atom is 0.533 e. The van der Waals surface area contributed by atoms with Gasteiger partial charge >= 0.3 is 12.5 Å². The predicted molar refractivity (Wildman–Crippen MR) is 125 cm³/mol.